The first-order chi connectivity index (χ1) is 16.9. The lowest BCUT2D eigenvalue weighted by Gasteiger charge is -2.30. The summed E-state index contributed by atoms with van der Waals surface area (Å²) in [6, 6.07) is 12.5. The second-order valence-corrected chi connectivity index (χ2v) is 9.78. The number of pyridine rings is 2. The molecule has 2 aliphatic heterocycles. The van der Waals surface area contributed by atoms with Crippen LogP contribution in [0.1, 0.15) is 6.42 Å². The van der Waals surface area contributed by atoms with Crippen LogP contribution < -0.4 is 19.9 Å². The summed E-state index contributed by atoms with van der Waals surface area (Å²) in [6.45, 7) is 3.83. The van der Waals surface area contributed by atoms with Gasteiger partial charge in [-0.3, -0.25) is 4.79 Å². The number of fused-ring (bicyclic) bond motifs is 2. The molecule has 1 amide bonds. The van der Waals surface area contributed by atoms with Gasteiger partial charge in [0.25, 0.3) is 0 Å². The van der Waals surface area contributed by atoms with E-state index in [9.17, 15) is 4.79 Å². The molecular formula is C27H34N6O2. The van der Waals surface area contributed by atoms with Crippen molar-refractivity contribution in [2.75, 3.05) is 70.8 Å². The van der Waals surface area contributed by atoms with Crippen LogP contribution in [-0.4, -0.2) is 81.8 Å². The molecule has 4 heterocycles. The summed E-state index contributed by atoms with van der Waals surface area (Å²) in [6.07, 6.45) is 2.88. The zero-order chi connectivity index (χ0) is 24.5. The molecule has 35 heavy (non-hydrogen) atoms. The van der Waals surface area contributed by atoms with Crippen LogP contribution in [0.15, 0.2) is 42.6 Å². The predicted octanol–water partition coefficient (Wildman–Crippen LogP) is 2.88. The molecule has 0 aliphatic carbocycles. The van der Waals surface area contributed by atoms with Crippen LogP contribution in [0.3, 0.4) is 0 Å². The highest BCUT2D eigenvalue weighted by Crippen LogP contribution is 2.39. The van der Waals surface area contributed by atoms with E-state index < -0.39 is 0 Å². The number of amides is 1. The van der Waals surface area contributed by atoms with E-state index in [2.05, 4.69) is 44.4 Å². The van der Waals surface area contributed by atoms with E-state index in [1.165, 1.54) is 0 Å². The third-order valence-corrected chi connectivity index (χ3v) is 7.23. The zero-order valence-electron chi connectivity index (χ0n) is 21.0. The van der Waals surface area contributed by atoms with E-state index in [1.54, 1.807) is 0 Å². The van der Waals surface area contributed by atoms with Crippen molar-refractivity contribution in [1.82, 2.24) is 20.2 Å². The zero-order valence-corrected chi connectivity index (χ0v) is 21.0. The van der Waals surface area contributed by atoms with Crippen molar-refractivity contribution in [3.05, 3.63) is 42.6 Å². The minimum atomic E-state index is 0.0668. The molecule has 5 rings (SSSR count). The second-order valence-electron chi connectivity index (χ2n) is 9.78. The Bertz CT molecular complexity index is 1210. The van der Waals surface area contributed by atoms with Gasteiger partial charge in [-0.15, -0.1) is 0 Å². The number of piperidine rings is 1. The maximum Gasteiger partial charge on any atom is 0.227 e. The number of ether oxygens (including phenoxy) is 1. The summed E-state index contributed by atoms with van der Waals surface area (Å²) in [4.78, 5) is 28.7. The molecule has 2 atom stereocenters. The number of benzene rings is 1. The minimum Gasteiger partial charge on any atom is -0.476 e. The summed E-state index contributed by atoms with van der Waals surface area (Å²) in [7, 11) is 7.89. The van der Waals surface area contributed by atoms with Crippen LogP contribution in [0.2, 0.25) is 0 Å². The standard InChI is InChI=1S/C27H34N6O2/c1-28-10-12-35-26-8-5-18(15-29-26)23-14-25(21-7-6-20(31(2)3)13-24(21)30-23)33-16-19-9-11-32(4)27(34)22(19)17-33/h5-8,13-15,19,22,28H,9-12,16-17H2,1-4H3. The highest BCUT2D eigenvalue weighted by Gasteiger charge is 2.42. The Hall–Kier alpha value is -3.39. The monoisotopic (exact) mass is 474 g/mol. The molecule has 2 unspecified atom stereocenters. The predicted molar refractivity (Wildman–Crippen MR) is 140 cm³/mol. The van der Waals surface area contributed by atoms with Crippen molar-refractivity contribution in [3.8, 4) is 17.1 Å². The van der Waals surface area contributed by atoms with Crippen molar-refractivity contribution < 1.29 is 9.53 Å². The summed E-state index contributed by atoms with van der Waals surface area (Å²) in [5, 5.41) is 4.18. The molecular weight excluding hydrogens is 440 g/mol. The number of anilines is 2. The number of hydrogen-bond donors (Lipinski definition) is 1. The first-order valence-corrected chi connectivity index (χ1v) is 12.3. The van der Waals surface area contributed by atoms with E-state index in [0.717, 1.165) is 66.1 Å². The van der Waals surface area contributed by atoms with Crippen molar-refractivity contribution in [3.63, 3.8) is 0 Å². The molecule has 2 aliphatic rings. The third-order valence-electron chi connectivity index (χ3n) is 7.23. The maximum absolute atomic E-state index is 12.8. The third kappa shape index (κ3) is 4.62. The number of likely N-dealkylation sites (tertiary alicyclic amines) is 1. The summed E-state index contributed by atoms with van der Waals surface area (Å²) in [5.74, 6) is 1.35. The minimum absolute atomic E-state index is 0.0668. The van der Waals surface area contributed by atoms with Gasteiger partial charge in [0.15, 0.2) is 0 Å². The van der Waals surface area contributed by atoms with Gasteiger partial charge >= 0.3 is 0 Å². The van der Waals surface area contributed by atoms with Crippen LogP contribution in [0.4, 0.5) is 11.4 Å². The Kier molecular flexibility index (Phi) is 6.47. The first kappa shape index (κ1) is 23.4. The highest BCUT2D eigenvalue weighted by molar-refractivity contribution is 5.96. The van der Waals surface area contributed by atoms with Gasteiger partial charge < -0.3 is 24.8 Å². The Morgan fingerprint density at radius 2 is 2.03 bits per heavy atom. The lowest BCUT2D eigenvalue weighted by Crippen LogP contribution is -2.42. The molecule has 3 aromatic rings. The van der Waals surface area contributed by atoms with Gasteiger partial charge in [-0.05, 0) is 49.7 Å². The van der Waals surface area contributed by atoms with E-state index in [-0.39, 0.29) is 11.8 Å². The number of hydrogen-bond acceptors (Lipinski definition) is 7. The van der Waals surface area contributed by atoms with Crippen LogP contribution in [0.25, 0.3) is 22.2 Å². The molecule has 1 aromatic carbocycles. The Morgan fingerprint density at radius 3 is 2.77 bits per heavy atom. The van der Waals surface area contributed by atoms with Crippen LogP contribution >= 0.6 is 0 Å². The molecule has 0 spiro atoms. The molecule has 1 N–H and O–H groups in total. The maximum atomic E-state index is 12.8. The summed E-state index contributed by atoms with van der Waals surface area (Å²) < 4.78 is 5.68. The number of nitrogens with zero attached hydrogens (tertiary/aromatic N) is 5. The number of aromatic nitrogens is 2. The highest BCUT2D eigenvalue weighted by atomic mass is 16.5. The van der Waals surface area contributed by atoms with Gasteiger partial charge in [-0.1, -0.05) is 0 Å². The largest absolute Gasteiger partial charge is 0.476 e. The normalized spacial score (nSPS) is 19.8. The molecule has 8 nitrogen and oxygen atoms in total. The van der Waals surface area contributed by atoms with Gasteiger partial charge in [0.1, 0.15) is 6.61 Å². The number of nitrogens with one attached hydrogen (secondary N) is 1. The molecule has 0 saturated carbocycles. The molecule has 184 valence electrons. The Balaban J connectivity index is 1.52. The van der Waals surface area contributed by atoms with Gasteiger partial charge in [-0.2, -0.15) is 0 Å². The first-order valence-electron chi connectivity index (χ1n) is 12.3. The van der Waals surface area contributed by atoms with Gasteiger partial charge in [0.2, 0.25) is 11.8 Å². The van der Waals surface area contributed by atoms with Crippen LogP contribution in [0, 0.1) is 11.8 Å². The van der Waals surface area contributed by atoms with Crippen molar-refractivity contribution in [2.45, 2.75) is 6.42 Å². The SMILES string of the molecule is CNCCOc1ccc(-c2cc(N3CC4CCN(C)C(=O)C4C3)c3ccc(N(C)C)cc3n2)cn1. The van der Waals surface area contributed by atoms with E-state index in [1.807, 2.05) is 51.4 Å². The Morgan fingerprint density at radius 1 is 1.17 bits per heavy atom. The van der Waals surface area contributed by atoms with Crippen molar-refractivity contribution in [1.29, 1.82) is 0 Å². The van der Waals surface area contributed by atoms with E-state index in [0.29, 0.717) is 18.4 Å². The fourth-order valence-electron chi connectivity index (χ4n) is 5.15. The number of carbonyl (C=O) groups is 1. The number of likely N-dealkylation sites (N-methyl/N-ethyl adjacent to an activating group) is 1. The summed E-state index contributed by atoms with van der Waals surface area (Å²) >= 11 is 0. The Labute approximate surface area is 206 Å². The second kappa shape index (κ2) is 9.70. The molecule has 0 radical (unpaired) electrons. The number of carbonyl (C=O) groups excluding carboxylic acids is 1. The quantitative estimate of drug-likeness (QED) is 0.528. The molecule has 8 heteroatoms. The average Bonchev–Trinajstić information content (AvgIpc) is 3.31. The van der Waals surface area contributed by atoms with Crippen molar-refractivity contribution >= 4 is 28.2 Å². The van der Waals surface area contributed by atoms with Crippen LogP contribution in [0.5, 0.6) is 5.88 Å². The van der Waals surface area contributed by atoms with Crippen LogP contribution in [-0.2, 0) is 4.79 Å². The molecule has 2 aromatic heterocycles. The molecule has 2 fully saturated rings. The lowest BCUT2D eigenvalue weighted by molar-refractivity contribution is -0.137. The number of rotatable bonds is 7. The smallest absolute Gasteiger partial charge is 0.227 e. The average molecular weight is 475 g/mol. The lowest BCUT2D eigenvalue weighted by atomic mass is 9.88. The van der Waals surface area contributed by atoms with E-state index in [4.69, 9.17) is 9.72 Å². The molecule has 2 saturated heterocycles. The molecule has 0 bridgehead atoms. The van der Waals surface area contributed by atoms with Gasteiger partial charge in [-0.25, -0.2) is 9.97 Å². The topological polar surface area (TPSA) is 73.8 Å². The van der Waals surface area contributed by atoms with Crippen molar-refractivity contribution in [2.24, 2.45) is 11.8 Å². The van der Waals surface area contributed by atoms with Gasteiger partial charge in [0, 0.05) is 81.9 Å². The van der Waals surface area contributed by atoms with Gasteiger partial charge in [0.05, 0.1) is 17.1 Å². The van der Waals surface area contributed by atoms with E-state index >= 15 is 0 Å². The fourth-order valence-corrected chi connectivity index (χ4v) is 5.15. The summed E-state index contributed by atoms with van der Waals surface area (Å²) in [5.41, 5.74) is 4.99. The fraction of sp³-hybridized carbons (Fsp3) is 0.444.